The lowest BCUT2D eigenvalue weighted by Crippen LogP contribution is -2.19. The molecule has 19 heavy (non-hydrogen) atoms. The van der Waals surface area contributed by atoms with Crippen LogP contribution in [0.3, 0.4) is 0 Å². The summed E-state index contributed by atoms with van der Waals surface area (Å²) in [7, 11) is 1.89. The third-order valence-electron chi connectivity index (χ3n) is 3.04. The first-order valence-corrected chi connectivity index (χ1v) is 7.55. The summed E-state index contributed by atoms with van der Waals surface area (Å²) in [5, 5.41) is 3.24. The zero-order valence-electron chi connectivity index (χ0n) is 10.5. The van der Waals surface area contributed by atoms with E-state index in [1.807, 2.05) is 37.4 Å². The van der Waals surface area contributed by atoms with Crippen molar-refractivity contribution in [1.29, 1.82) is 0 Å². The number of hydrogen-bond donors (Lipinski definition) is 1. The number of benzene rings is 2. The summed E-state index contributed by atoms with van der Waals surface area (Å²) >= 11 is 6.73. The van der Waals surface area contributed by atoms with Gasteiger partial charge in [0.15, 0.2) is 0 Å². The van der Waals surface area contributed by atoms with Crippen molar-refractivity contribution in [3.8, 4) is 0 Å². The van der Waals surface area contributed by atoms with Gasteiger partial charge in [-0.3, -0.25) is 0 Å². The minimum Gasteiger partial charge on any atom is -0.313 e. The molecular weight excluding hydrogens is 373 g/mol. The Kier molecular flexibility index (Phi) is 5.13. The maximum atomic E-state index is 13.9. The first-order valence-electron chi connectivity index (χ1n) is 5.97. The second-order valence-corrected chi connectivity index (χ2v) is 6.17. The number of halogens is 3. The Labute approximate surface area is 129 Å². The molecule has 0 spiro atoms. The average Bonchev–Trinajstić information content (AvgIpc) is 2.38. The van der Waals surface area contributed by atoms with Crippen LogP contribution in [-0.2, 0) is 6.42 Å². The summed E-state index contributed by atoms with van der Waals surface area (Å²) in [6.07, 6.45) is 0.617. The van der Waals surface area contributed by atoms with Gasteiger partial charge < -0.3 is 5.32 Å². The molecular formula is C15H14Br2FN. The standard InChI is InChI=1S/C15H14Br2FN/c1-19-15(11-3-2-4-12(16)7-11)8-10-5-6-13(17)9-14(10)18/h2-7,9,15,19H,8H2,1H3. The van der Waals surface area contributed by atoms with Crippen molar-refractivity contribution in [2.45, 2.75) is 12.5 Å². The summed E-state index contributed by atoms with van der Waals surface area (Å²) in [4.78, 5) is 0. The number of nitrogens with one attached hydrogen (secondary N) is 1. The van der Waals surface area contributed by atoms with E-state index in [4.69, 9.17) is 0 Å². The predicted octanol–water partition coefficient (Wildman–Crippen LogP) is 4.85. The highest BCUT2D eigenvalue weighted by molar-refractivity contribution is 9.10. The molecule has 4 heteroatoms. The SMILES string of the molecule is CNC(Cc1ccc(Br)cc1F)c1cccc(Br)c1. The molecule has 0 saturated carbocycles. The Hall–Kier alpha value is -0.710. The van der Waals surface area contributed by atoms with Crippen molar-refractivity contribution in [3.63, 3.8) is 0 Å². The third kappa shape index (κ3) is 3.88. The monoisotopic (exact) mass is 385 g/mol. The molecule has 0 aliphatic rings. The van der Waals surface area contributed by atoms with Gasteiger partial charge in [-0.15, -0.1) is 0 Å². The Morgan fingerprint density at radius 2 is 1.84 bits per heavy atom. The minimum absolute atomic E-state index is 0.0909. The van der Waals surface area contributed by atoms with Crippen LogP contribution < -0.4 is 5.32 Å². The molecule has 0 aliphatic heterocycles. The van der Waals surface area contributed by atoms with Crippen molar-refractivity contribution in [2.75, 3.05) is 7.05 Å². The van der Waals surface area contributed by atoms with E-state index in [2.05, 4.69) is 43.2 Å². The van der Waals surface area contributed by atoms with E-state index in [-0.39, 0.29) is 11.9 Å². The fraction of sp³-hybridized carbons (Fsp3) is 0.200. The van der Waals surface area contributed by atoms with Crippen LogP contribution in [0.15, 0.2) is 51.4 Å². The summed E-state index contributed by atoms with van der Waals surface area (Å²) in [6, 6.07) is 13.4. The molecule has 0 aliphatic carbocycles. The molecule has 2 rings (SSSR count). The van der Waals surface area contributed by atoms with E-state index in [1.165, 1.54) is 6.07 Å². The molecule has 0 aromatic heterocycles. The molecule has 1 atom stereocenters. The molecule has 0 amide bonds. The van der Waals surface area contributed by atoms with Crippen molar-refractivity contribution < 1.29 is 4.39 Å². The van der Waals surface area contributed by atoms with Crippen LogP contribution in [0.25, 0.3) is 0 Å². The zero-order chi connectivity index (χ0) is 13.8. The molecule has 1 unspecified atom stereocenters. The Morgan fingerprint density at radius 3 is 2.47 bits per heavy atom. The highest BCUT2D eigenvalue weighted by atomic mass is 79.9. The summed E-state index contributed by atoms with van der Waals surface area (Å²) in [6.45, 7) is 0. The molecule has 0 saturated heterocycles. The normalized spacial score (nSPS) is 12.4. The molecule has 1 N–H and O–H groups in total. The van der Waals surface area contributed by atoms with Crippen molar-refractivity contribution in [3.05, 3.63) is 68.4 Å². The van der Waals surface area contributed by atoms with E-state index in [9.17, 15) is 4.39 Å². The average molecular weight is 387 g/mol. The second-order valence-electron chi connectivity index (χ2n) is 4.34. The summed E-state index contributed by atoms with van der Waals surface area (Å²) < 4.78 is 15.7. The van der Waals surface area contributed by atoms with Gasteiger partial charge >= 0.3 is 0 Å². The van der Waals surface area contributed by atoms with E-state index in [0.29, 0.717) is 12.0 Å². The first-order chi connectivity index (χ1) is 9.10. The van der Waals surface area contributed by atoms with E-state index >= 15 is 0 Å². The fourth-order valence-electron chi connectivity index (χ4n) is 2.02. The van der Waals surface area contributed by atoms with Gasteiger partial charge in [-0.05, 0) is 48.9 Å². The Bertz CT molecular complexity index is 572. The van der Waals surface area contributed by atoms with E-state index in [0.717, 1.165) is 14.5 Å². The molecule has 0 radical (unpaired) electrons. The van der Waals surface area contributed by atoms with Crippen molar-refractivity contribution in [1.82, 2.24) is 5.32 Å². The lowest BCUT2D eigenvalue weighted by atomic mass is 9.99. The largest absolute Gasteiger partial charge is 0.313 e. The first kappa shape index (κ1) is 14.7. The van der Waals surface area contributed by atoms with Crippen molar-refractivity contribution >= 4 is 31.9 Å². The van der Waals surface area contributed by atoms with Gasteiger partial charge in [0.25, 0.3) is 0 Å². The summed E-state index contributed by atoms with van der Waals surface area (Å²) in [5.41, 5.74) is 1.85. The zero-order valence-corrected chi connectivity index (χ0v) is 13.6. The quantitative estimate of drug-likeness (QED) is 0.791. The van der Waals surface area contributed by atoms with Crippen LogP contribution in [0, 0.1) is 5.82 Å². The molecule has 2 aromatic carbocycles. The topological polar surface area (TPSA) is 12.0 Å². The van der Waals surface area contributed by atoms with Crippen LogP contribution in [-0.4, -0.2) is 7.05 Å². The van der Waals surface area contributed by atoms with Crippen LogP contribution in [0.1, 0.15) is 17.2 Å². The highest BCUT2D eigenvalue weighted by Crippen LogP contribution is 2.24. The lowest BCUT2D eigenvalue weighted by Gasteiger charge is -2.17. The number of rotatable bonds is 4. The molecule has 0 heterocycles. The van der Waals surface area contributed by atoms with Crippen LogP contribution >= 0.6 is 31.9 Å². The fourth-order valence-corrected chi connectivity index (χ4v) is 2.77. The third-order valence-corrected chi connectivity index (χ3v) is 4.03. The van der Waals surface area contributed by atoms with Gasteiger partial charge in [0, 0.05) is 15.0 Å². The van der Waals surface area contributed by atoms with Gasteiger partial charge in [-0.25, -0.2) is 4.39 Å². The molecule has 100 valence electrons. The highest BCUT2D eigenvalue weighted by Gasteiger charge is 2.13. The molecule has 0 bridgehead atoms. The second kappa shape index (κ2) is 6.64. The molecule has 2 aromatic rings. The van der Waals surface area contributed by atoms with Crippen LogP contribution in [0.4, 0.5) is 4.39 Å². The maximum Gasteiger partial charge on any atom is 0.127 e. The van der Waals surface area contributed by atoms with Crippen LogP contribution in [0.2, 0.25) is 0 Å². The van der Waals surface area contributed by atoms with Gasteiger partial charge in [-0.2, -0.15) is 0 Å². The molecule has 0 fully saturated rings. The maximum absolute atomic E-state index is 13.9. The van der Waals surface area contributed by atoms with E-state index < -0.39 is 0 Å². The Morgan fingerprint density at radius 1 is 1.11 bits per heavy atom. The van der Waals surface area contributed by atoms with E-state index in [1.54, 1.807) is 0 Å². The predicted molar refractivity (Wildman–Crippen MR) is 83.7 cm³/mol. The number of likely N-dealkylation sites (N-methyl/N-ethyl adjacent to an activating group) is 1. The minimum atomic E-state index is -0.176. The van der Waals surface area contributed by atoms with Crippen molar-refractivity contribution in [2.24, 2.45) is 0 Å². The van der Waals surface area contributed by atoms with Gasteiger partial charge in [0.05, 0.1) is 0 Å². The van der Waals surface area contributed by atoms with Gasteiger partial charge in [0.2, 0.25) is 0 Å². The molecule has 1 nitrogen and oxygen atoms in total. The van der Waals surface area contributed by atoms with Gasteiger partial charge in [0.1, 0.15) is 5.82 Å². The van der Waals surface area contributed by atoms with Gasteiger partial charge in [-0.1, -0.05) is 50.1 Å². The van der Waals surface area contributed by atoms with Crippen LogP contribution in [0.5, 0.6) is 0 Å². The summed E-state index contributed by atoms with van der Waals surface area (Å²) in [5.74, 6) is -0.176. The Balaban J connectivity index is 2.24. The number of hydrogen-bond acceptors (Lipinski definition) is 1. The smallest absolute Gasteiger partial charge is 0.127 e. The lowest BCUT2D eigenvalue weighted by molar-refractivity contribution is 0.554.